The van der Waals surface area contributed by atoms with E-state index in [4.69, 9.17) is 11.6 Å². The molecule has 116 valence electrons. The summed E-state index contributed by atoms with van der Waals surface area (Å²) in [5.41, 5.74) is 2.81. The Morgan fingerprint density at radius 3 is 2.82 bits per heavy atom. The summed E-state index contributed by atoms with van der Waals surface area (Å²) in [5.74, 6) is 0. The van der Waals surface area contributed by atoms with Gasteiger partial charge in [-0.15, -0.1) is 11.3 Å². The van der Waals surface area contributed by atoms with Gasteiger partial charge in [0.05, 0.1) is 4.88 Å². The molecule has 1 aliphatic rings. The maximum Gasteiger partial charge on any atom is 0.107 e. The van der Waals surface area contributed by atoms with Crippen molar-refractivity contribution in [2.24, 2.45) is 0 Å². The van der Waals surface area contributed by atoms with Gasteiger partial charge in [-0.25, -0.2) is 4.98 Å². The van der Waals surface area contributed by atoms with Crippen LogP contribution in [0.3, 0.4) is 0 Å². The van der Waals surface area contributed by atoms with Gasteiger partial charge in [-0.3, -0.25) is 0 Å². The average molecular weight is 333 g/mol. The van der Waals surface area contributed by atoms with E-state index in [9.17, 15) is 0 Å². The second kappa shape index (κ2) is 7.91. The molecule has 0 fully saturated rings. The molecule has 4 heteroatoms. The highest BCUT2D eigenvalue weighted by atomic mass is 35.5. The van der Waals surface area contributed by atoms with Gasteiger partial charge in [-0.2, -0.15) is 0 Å². The normalized spacial score (nSPS) is 14.9. The SMILES string of the molecule is Clc1ccc(-c2cnc(CNCCC3=CCCCC3)s2)cc1. The van der Waals surface area contributed by atoms with Gasteiger partial charge in [0.2, 0.25) is 0 Å². The molecule has 1 aromatic carbocycles. The summed E-state index contributed by atoms with van der Waals surface area (Å²) in [4.78, 5) is 5.71. The molecule has 1 N–H and O–H groups in total. The Bertz CT molecular complexity index is 631. The predicted molar refractivity (Wildman–Crippen MR) is 95.4 cm³/mol. The van der Waals surface area contributed by atoms with Gasteiger partial charge >= 0.3 is 0 Å². The van der Waals surface area contributed by atoms with E-state index in [1.54, 1.807) is 16.9 Å². The first-order chi connectivity index (χ1) is 10.8. The van der Waals surface area contributed by atoms with Crippen LogP contribution < -0.4 is 5.32 Å². The van der Waals surface area contributed by atoms with Crippen LogP contribution in [0, 0.1) is 0 Å². The second-order valence-corrected chi connectivity index (χ2v) is 7.21. The van der Waals surface area contributed by atoms with E-state index in [1.807, 2.05) is 30.5 Å². The third-order valence-electron chi connectivity index (χ3n) is 3.97. The summed E-state index contributed by atoms with van der Waals surface area (Å²) >= 11 is 7.67. The van der Waals surface area contributed by atoms with Crippen LogP contribution >= 0.6 is 22.9 Å². The molecule has 2 nitrogen and oxygen atoms in total. The molecule has 0 bridgehead atoms. The Morgan fingerprint density at radius 2 is 2.05 bits per heavy atom. The first kappa shape index (κ1) is 15.7. The molecule has 3 rings (SSSR count). The van der Waals surface area contributed by atoms with Gasteiger partial charge < -0.3 is 5.32 Å². The zero-order chi connectivity index (χ0) is 15.2. The fraction of sp³-hybridized carbons (Fsp3) is 0.389. The Balaban J connectivity index is 1.47. The largest absolute Gasteiger partial charge is 0.310 e. The van der Waals surface area contributed by atoms with E-state index in [1.165, 1.54) is 42.5 Å². The van der Waals surface area contributed by atoms with E-state index in [0.29, 0.717) is 0 Å². The zero-order valence-corrected chi connectivity index (χ0v) is 14.2. The number of allylic oxidation sites excluding steroid dienone is 1. The van der Waals surface area contributed by atoms with Crippen LogP contribution in [0.1, 0.15) is 37.1 Å². The molecule has 0 saturated carbocycles. The van der Waals surface area contributed by atoms with Crippen LogP contribution in [-0.4, -0.2) is 11.5 Å². The molecule has 0 aliphatic heterocycles. The molecule has 0 amide bonds. The lowest BCUT2D eigenvalue weighted by Crippen LogP contribution is -2.15. The van der Waals surface area contributed by atoms with E-state index in [-0.39, 0.29) is 0 Å². The number of thiazole rings is 1. The van der Waals surface area contributed by atoms with Crippen LogP contribution in [0.15, 0.2) is 42.1 Å². The topological polar surface area (TPSA) is 24.9 Å². The molecule has 0 saturated heterocycles. The quantitative estimate of drug-likeness (QED) is 0.562. The highest BCUT2D eigenvalue weighted by Gasteiger charge is 2.06. The van der Waals surface area contributed by atoms with Crippen LogP contribution in [-0.2, 0) is 6.54 Å². The molecule has 2 aromatic rings. The number of benzene rings is 1. The monoisotopic (exact) mass is 332 g/mol. The van der Waals surface area contributed by atoms with Gasteiger partial charge in [0.15, 0.2) is 0 Å². The minimum atomic E-state index is 0.771. The molecule has 0 spiro atoms. The number of aromatic nitrogens is 1. The second-order valence-electron chi connectivity index (χ2n) is 5.66. The van der Waals surface area contributed by atoms with Crippen molar-refractivity contribution in [3.05, 3.63) is 52.1 Å². The van der Waals surface area contributed by atoms with Crippen molar-refractivity contribution in [2.75, 3.05) is 6.54 Å². The summed E-state index contributed by atoms with van der Waals surface area (Å²) in [6.45, 7) is 1.90. The van der Waals surface area contributed by atoms with Gasteiger partial charge in [0.25, 0.3) is 0 Å². The summed E-state index contributed by atoms with van der Waals surface area (Å²) in [5, 5.41) is 5.42. The number of hydrogen-bond donors (Lipinski definition) is 1. The predicted octanol–water partition coefficient (Wildman–Crippen LogP) is 5.44. The molecule has 0 atom stereocenters. The van der Waals surface area contributed by atoms with Crippen molar-refractivity contribution >= 4 is 22.9 Å². The standard InChI is InChI=1S/C18H21ClN2S/c19-16-8-6-15(7-9-16)17-12-21-18(22-17)13-20-11-10-14-4-2-1-3-5-14/h4,6-9,12,20H,1-3,5,10-11,13H2. The lowest BCUT2D eigenvalue weighted by molar-refractivity contribution is 0.631. The number of hydrogen-bond acceptors (Lipinski definition) is 3. The van der Waals surface area contributed by atoms with E-state index in [2.05, 4.69) is 16.4 Å². The minimum Gasteiger partial charge on any atom is -0.310 e. The van der Waals surface area contributed by atoms with Gasteiger partial charge in [-0.05, 0) is 56.3 Å². The van der Waals surface area contributed by atoms with Crippen molar-refractivity contribution < 1.29 is 0 Å². The fourth-order valence-corrected chi connectivity index (χ4v) is 3.73. The molecule has 0 unspecified atom stereocenters. The lowest BCUT2D eigenvalue weighted by Gasteiger charge is -2.12. The third-order valence-corrected chi connectivity index (χ3v) is 5.26. The Hall–Kier alpha value is -1.16. The van der Waals surface area contributed by atoms with Crippen LogP contribution in [0.4, 0.5) is 0 Å². The summed E-state index contributed by atoms with van der Waals surface area (Å²) in [6.07, 6.45) is 10.8. The summed E-state index contributed by atoms with van der Waals surface area (Å²) in [6, 6.07) is 7.93. The molecule has 1 heterocycles. The van der Waals surface area contributed by atoms with E-state index < -0.39 is 0 Å². The van der Waals surface area contributed by atoms with Crippen LogP contribution in [0.25, 0.3) is 10.4 Å². The van der Waals surface area contributed by atoms with E-state index >= 15 is 0 Å². The van der Waals surface area contributed by atoms with Crippen molar-refractivity contribution in [1.29, 1.82) is 0 Å². The highest BCUT2D eigenvalue weighted by molar-refractivity contribution is 7.15. The first-order valence-electron chi connectivity index (χ1n) is 7.90. The fourth-order valence-electron chi connectivity index (χ4n) is 2.72. The number of rotatable bonds is 6. The van der Waals surface area contributed by atoms with Crippen molar-refractivity contribution in [2.45, 2.75) is 38.6 Å². The molecule has 0 radical (unpaired) electrons. The number of nitrogens with zero attached hydrogens (tertiary/aromatic N) is 1. The minimum absolute atomic E-state index is 0.771. The smallest absolute Gasteiger partial charge is 0.107 e. The van der Waals surface area contributed by atoms with E-state index in [0.717, 1.165) is 23.1 Å². The maximum absolute atomic E-state index is 5.93. The molecular weight excluding hydrogens is 312 g/mol. The zero-order valence-electron chi connectivity index (χ0n) is 12.6. The molecule has 22 heavy (non-hydrogen) atoms. The third kappa shape index (κ3) is 4.42. The van der Waals surface area contributed by atoms with Gasteiger partial charge in [0.1, 0.15) is 5.01 Å². The average Bonchev–Trinajstić information content (AvgIpc) is 3.02. The summed E-state index contributed by atoms with van der Waals surface area (Å²) in [7, 11) is 0. The van der Waals surface area contributed by atoms with Crippen molar-refractivity contribution in [3.63, 3.8) is 0 Å². The van der Waals surface area contributed by atoms with Crippen molar-refractivity contribution in [3.8, 4) is 10.4 Å². The van der Waals surface area contributed by atoms with Crippen LogP contribution in [0.5, 0.6) is 0 Å². The van der Waals surface area contributed by atoms with Crippen molar-refractivity contribution in [1.82, 2.24) is 10.3 Å². The Kier molecular flexibility index (Phi) is 5.65. The highest BCUT2D eigenvalue weighted by Crippen LogP contribution is 2.27. The molecular formula is C18H21ClN2S. The first-order valence-corrected chi connectivity index (χ1v) is 9.10. The molecule has 1 aliphatic carbocycles. The Labute approximate surface area is 141 Å². The van der Waals surface area contributed by atoms with Gasteiger partial charge in [-0.1, -0.05) is 35.4 Å². The number of halogens is 1. The Morgan fingerprint density at radius 1 is 1.18 bits per heavy atom. The van der Waals surface area contributed by atoms with Gasteiger partial charge in [0, 0.05) is 17.8 Å². The lowest BCUT2D eigenvalue weighted by atomic mass is 9.97. The number of nitrogens with one attached hydrogen (secondary N) is 1. The van der Waals surface area contributed by atoms with Crippen LogP contribution in [0.2, 0.25) is 5.02 Å². The maximum atomic E-state index is 5.93. The summed E-state index contributed by atoms with van der Waals surface area (Å²) < 4.78 is 0. The molecule has 1 aromatic heterocycles.